The normalized spacial score (nSPS) is 18.4. The summed E-state index contributed by atoms with van der Waals surface area (Å²) < 4.78 is 56.0. The molecule has 60 heavy (non-hydrogen) atoms. The van der Waals surface area contributed by atoms with Crippen LogP contribution in [0.5, 0.6) is 11.5 Å². The Bertz CT molecular complexity index is 2520. The lowest BCUT2D eigenvalue weighted by Crippen LogP contribution is -2.47. The minimum Gasteiger partial charge on any atom is -0.455 e. The summed E-state index contributed by atoms with van der Waals surface area (Å²) in [6.07, 6.45) is 8.04. The van der Waals surface area contributed by atoms with E-state index in [1.165, 1.54) is 29.0 Å². The smallest absolute Gasteiger partial charge is 0.268 e. The number of pyridine rings is 2. The number of piperazine rings is 1. The molecule has 8 rings (SSSR count). The fourth-order valence-corrected chi connectivity index (χ4v) is 9.43. The maximum Gasteiger partial charge on any atom is 0.268 e. The van der Waals surface area contributed by atoms with Crippen molar-refractivity contribution in [3.63, 3.8) is 0 Å². The Morgan fingerprint density at radius 2 is 1.73 bits per heavy atom. The summed E-state index contributed by atoms with van der Waals surface area (Å²) in [7, 11) is -4.45. The van der Waals surface area contributed by atoms with Crippen molar-refractivity contribution < 1.29 is 27.1 Å². The average Bonchev–Trinajstić information content (AvgIpc) is 3.70. The zero-order valence-corrected chi connectivity index (χ0v) is 35.9. The van der Waals surface area contributed by atoms with Crippen LogP contribution in [-0.2, 0) is 14.8 Å². The van der Waals surface area contributed by atoms with Gasteiger partial charge in [0.2, 0.25) is 0 Å². The van der Waals surface area contributed by atoms with Crippen LogP contribution in [0.25, 0.3) is 16.6 Å². The van der Waals surface area contributed by atoms with Crippen LogP contribution in [-0.4, -0.2) is 92.3 Å². The van der Waals surface area contributed by atoms with Crippen molar-refractivity contribution in [2.45, 2.75) is 56.5 Å². The predicted octanol–water partition coefficient (Wildman–Crippen LogP) is 8.89. The Labute approximate surface area is 359 Å². The van der Waals surface area contributed by atoms with E-state index in [9.17, 15) is 13.2 Å². The number of benzene rings is 2. The number of anilines is 2. The highest BCUT2D eigenvalue weighted by Crippen LogP contribution is 2.43. The second-order valence-electron chi connectivity index (χ2n) is 16.6. The summed E-state index contributed by atoms with van der Waals surface area (Å²) in [6.45, 7) is 9.28. The molecule has 0 spiro atoms. The van der Waals surface area contributed by atoms with E-state index in [1.807, 2.05) is 18.2 Å². The molecular weight excluding hydrogens is 828 g/mol. The number of sulfonamides is 1. The van der Waals surface area contributed by atoms with E-state index in [1.54, 1.807) is 30.5 Å². The highest BCUT2D eigenvalue weighted by molar-refractivity contribution is 7.90. The number of halogens is 3. The first-order chi connectivity index (χ1) is 28.7. The molecule has 5 heterocycles. The van der Waals surface area contributed by atoms with Crippen LogP contribution < -0.4 is 19.7 Å². The van der Waals surface area contributed by atoms with Gasteiger partial charge in [-0.25, -0.2) is 27.5 Å². The van der Waals surface area contributed by atoms with Gasteiger partial charge in [-0.15, -0.1) is 0 Å². The molecule has 2 aliphatic heterocycles. The molecule has 5 aromatic rings. The number of H-pyrrole nitrogens is 1. The molecule has 2 aromatic carbocycles. The summed E-state index contributed by atoms with van der Waals surface area (Å²) >= 11 is 12.6. The number of rotatable bonds is 12. The van der Waals surface area contributed by atoms with E-state index in [0.29, 0.717) is 24.6 Å². The van der Waals surface area contributed by atoms with Gasteiger partial charge in [-0.3, -0.25) is 9.69 Å². The summed E-state index contributed by atoms with van der Waals surface area (Å²) in [4.78, 5) is 29.9. The van der Waals surface area contributed by atoms with Gasteiger partial charge in [-0.05, 0) is 78.3 Å². The van der Waals surface area contributed by atoms with Gasteiger partial charge < -0.3 is 24.7 Å². The quantitative estimate of drug-likeness (QED) is 0.111. The maximum atomic E-state index is 15.1. The van der Waals surface area contributed by atoms with Gasteiger partial charge in [0, 0.05) is 93.3 Å². The van der Waals surface area contributed by atoms with E-state index in [0.717, 1.165) is 74.3 Å². The minimum absolute atomic E-state index is 0.000867. The average molecular weight is 877 g/mol. The molecule has 2 fully saturated rings. The number of alkyl halides is 1. The van der Waals surface area contributed by atoms with Crippen LogP contribution in [0.15, 0.2) is 89.7 Å². The van der Waals surface area contributed by atoms with E-state index in [-0.39, 0.29) is 51.9 Å². The third kappa shape index (κ3) is 9.74. The number of ether oxygens (including phenoxy) is 2. The number of carbonyl (C=O) groups is 1. The molecule has 0 atom stereocenters. The number of nitrogens with zero attached hydrogens (tertiary/aromatic N) is 4. The van der Waals surface area contributed by atoms with Gasteiger partial charge >= 0.3 is 0 Å². The van der Waals surface area contributed by atoms with Crippen molar-refractivity contribution in [1.82, 2.24) is 24.6 Å². The maximum absolute atomic E-state index is 15.1. The number of hydrogen-bond acceptors (Lipinski definition) is 10. The first-order valence-electron chi connectivity index (χ1n) is 20.2. The summed E-state index contributed by atoms with van der Waals surface area (Å²) in [5.74, 6) is -0.250. The van der Waals surface area contributed by atoms with Crippen LogP contribution in [0, 0.1) is 5.41 Å². The topological polar surface area (TPSA) is 142 Å². The molecule has 0 unspecified atom stereocenters. The molecule has 12 nitrogen and oxygen atoms in total. The van der Waals surface area contributed by atoms with Gasteiger partial charge in [-0.1, -0.05) is 54.8 Å². The summed E-state index contributed by atoms with van der Waals surface area (Å²) in [6, 6.07) is 18.1. The van der Waals surface area contributed by atoms with Gasteiger partial charge in [0.25, 0.3) is 15.9 Å². The van der Waals surface area contributed by atoms with Crippen LogP contribution >= 0.6 is 23.2 Å². The highest BCUT2D eigenvalue weighted by Gasteiger charge is 2.33. The number of aromatic amines is 1. The van der Waals surface area contributed by atoms with Gasteiger partial charge in [0.15, 0.2) is 0 Å². The predicted molar refractivity (Wildman–Crippen MR) is 234 cm³/mol. The SMILES string of the molecule is CC1(C)CCC(CN2CCN(c3ccc(C(=O)NS(=O)(=O)c4cnc(NCC5(F)CCOCC5)c(Cl)c4)c(Oc4cnc5[nH]ccc5c4)c3)CC2)=C(c2ccc(Cl)cc2)C1. The molecule has 0 saturated carbocycles. The summed E-state index contributed by atoms with van der Waals surface area (Å²) in [5, 5.41) is 4.38. The van der Waals surface area contributed by atoms with Gasteiger partial charge in [0.1, 0.15) is 33.5 Å². The zero-order chi connectivity index (χ0) is 42.1. The van der Waals surface area contributed by atoms with E-state index < -0.39 is 21.6 Å². The summed E-state index contributed by atoms with van der Waals surface area (Å²) in [5.41, 5.74) is 4.37. The molecule has 3 aliphatic rings. The third-order valence-electron chi connectivity index (χ3n) is 11.7. The number of fused-ring (bicyclic) bond motifs is 1. The Morgan fingerprint density at radius 1 is 0.967 bits per heavy atom. The highest BCUT2D eigenvalue weighted by atomic mass is 35.5. The van der Waals surface area contributed by atoms with Crippen LogP contribution in [0.4, 0.5) is 15.9 Å². The number of carbonyl (C=O) groups excluding carboxylic acids is 1. The van der Waals surface area contributed by atoms with Crippen molar-refractivity contribution in [2.75, 3.05) is 62.7 Å². The Kier molecular flexibility index (Phi) is 12.1. The Hall–Kier alpha value is -4.73. The van der Waals surface area contributed by atoms with Gasteiger partial charge in [0.05, 0.1) is 23.3 Å². The number of aromatic nitrogens is 3. The molecule has 1 amide bonds. The Balaban J connectivity index is 0.987. The lowest BCUT2D eigenvalue weighted by Gasteiger charge is -2.39. The molecule has 2 saturated heterocycles. The third-order valence-corrected chi connectivity index (χ3v) is 13.5. The zero-order valence-electron chi connectivity index (χ0n) is 33.6. The monoisotopic (exact) mass is 875 g/mol. The van der Waals surface area contributed by atoms with Crippen LogP contribution in [0.2, 0.25) is 10.0 Å². The first-order valence-corrected chi connectivity index (χ1v) is 22.4. The van der Waals surface area contributed by atoms with Crippen molar-refractivity contribution >= 4 is 67.2 Å². The molecule has 3 aromatic heterocycles. The largest absolute Gasteiger partial charge is 0.455 e. The molecule has 3 N–H and O–H groups in total. The molecule has 0 radical (unpaired) electrons. The minimum atomic E-state index is -4.45. The van der Waals surface area contributed by atoms with Crippen molar-refractivity contribution in [3.8, 4) is 11.5 Å². The van der Waals surface area contributed by atoms with E-state index >= 15 is 4.39 Å². The lowest BCUT2D eigenvalue weighted by molar-refractivity contribution is -0.00119. The second-order valence-corrected chi connectivity index (χ2v) is 19.1. The lowest BCUT2D eigenvalue weighted by atomic mass is 9.72. The van der Waals surface area contributed by atoms with Crippen LogP contribution in [0.3, 0.4) is 0 Å². The second kappa shape index (κ2) is 17.3. The standard InChI is InChI=1S/C44H48Cl2FN7O5S/c1-43(2)11-9-31(37(24-43)29-3-5-32(45)6-4-29)27-53-15-17-54(18-16-53)33-7-8-36(39(22-33)59-34-21-30-10-14-48-40(30)49-25-34)42(55)52-60(56,57)35-23-38(46)41(50-26-35)51-28-44(47)12-19-58-20-13-44/h3-8,10,14,21-23,25-26H,9,11-13,15-20,24,27-28H2,1-2H3,(H,48,49)(H,50,51)(H,52,55). The van der Waals surface area contributed by atoms with E-state index in [4.69, 9.17) is 32.7 Å². The first kappa shape index (κ1) is 42.0. The van der Waals surface area contributed by atoms with E-state index in [2.05, 4.69) is 60.8 Å². The molecule has 316 valence electrons. The fourth-order valence-electron chi connectivity index (χ4n) is 8.07. The Morgan fingerprint density at radius 3 is 2.48 bits per heavy atom. The van der Waals surface area contributed by atoms with Gasteiger partial charge in [-0.2, -0.15) is 0 Å². The van der Waals surface area contributed by atoms with Crippen molar-refractivity contribution in [3.05, 3.63) is 106 Å². The molecule has 1 aliphatic carbocycles. The molecular formula is C44H48Cl2FN7O5S. The number of hydrogen-bond donors (Lipinski definition) is 3. The number of nitrogens with one attached hydrogen (secondary N) is 3. The van der Waals surface area contributed by atoms with Crippen molar-refractivity contribution in [1.29, 1.82) is 0 Å². The molecule has 16 heteroatoms. The van der Waals surface area contributed by atoms with Crippen molar-refractivity contribution in [2.24, 2.45) is 5.41 Å². The van der Waals surface area contributed by atoms with Crippen LogP contribution in [0.1, 0.15) is 61.9 Å². The number of amides is 1. The number of allylic oxidation sites excluding steroid dienone is 1. The molecule has 0 bridgehead atoms. The fraction of sp³-hybridized carbons (Fsp3) is 0.386.